The van der Waals surface area contributed by atoms with Gasteiger partial charge in [-0.25, -0.2) is 4.68 Å². The first-order valence-corrected chi connectivity index (χ1v) is 10.2. The van der Waals surface area contributed by atoms with Crippen LogP contribution in [0.2, 0.25) is 0 Å². The Hall–Kier alpha value is -3.13. The van der Waals surface area contributed by atoms with Gasteiger partial charge in [-0.15, -0.1) is 0 Å². The van der Waals surface area contributed by atoms with Crippen molar-refractivity contribution in [2.24, 2.45) is 0 Å². The second-order valence-corrected chi connectivity index (χ2v) is 7.43. The number of carbonyl (C=O) groups is 1. The topological polar surface area (TPSA) is 82.5 Å². The summed E-state index contributed by atoms with van der Waals surface area (Å²) in [7, 11) is 3.14. The third-order valence-electron chi connectivity index (χ3n) is 4.43. The van der Waals surface area contributed by atoms with Gasteiger partial charge >= 0.3 is 0 Å². The minimum Gasteiger partial charge on any atom is -0.493 e. The van der Waals surface area contributed by atoms with E-state index in [1.165, 1.54) is 10.7 Å². The number of hydrogen-bond donors (Lipinski definition) is 1. The van der Waals surface area contributed by atoms with Crippen LogP contribution in [-0.2, 0) is 11.3 Å². The molecular formula is C22H22BrN3O4. The van der Waals surface area contributed by atoms with Crippen LogP contribution >= 0.6 is 15.9 Å². The number of benzene rings is 2. The average Bonchev–Trinajstić information content (AvgIpc) is 2.74. The quantitative estimate of drug-likeness (QED) is 0.534. The fourth-order valence-electron chi connectivity index (χ4n) is 2.94. The highest BCUT2D eigenvalue weighted by molar-refractivity contribution is 9.10. The van der Waals surface area contributed by atoms with Gasteiger partial charge in [-0.2, -0.15) is 5.10 Å². The molecule has 156 valence electrons. The van der Waals surface area contributed by atoms with Crippen LogP contribution in [0.3, 0.4) is 0 Å². The van der Waals surface area contributed by atoms with Gasteiger partial charge in [0.25, 0.3) is 5.56 Å². The van der Waals surface area contributed by atoms with Crippen molar-refractivity contribution in [3.63, 3.8) is 0 Å². The number of nitrogens with zero attached hydrogens (tertiary/aromatic N) is 2. The maximum absolute atomic E-state index is 12.2. The number of carbonyl (C=O) groups excluding carboxylic acids is 1. The van der Waals surface area contributed by atoms with Gasteiger partial charge in [-0.1, -0.05) is 22.0 Å². The molecule has 1 N–H and O–H groups in total. The zero-order valence-corrected chi connectivity index (χ0v) is 18.3. The van der Waals surface area contributed by atoms with Gasteiger partial charge in [0.05, 0.1) is 19.9 Å². The van der Waals surface area contributed by atoms with E-state index < -0.39 is 0 Å². The van der Waals surface area contributed by atoms with Crippen LogP contribution in [0, 0.1) is 0 Å². The SMILES string of the molecule is COc1ccc(-c2ccc(=O)n(CCCC(=O)Nc3cccc(Br)c3)n2)cc1OC. The third kappa shape index (κ3) is 5.48. The number of hydrogen-bond acceptors (Lipinski definition) is 5. The van der Waals surface area contributed by atoms with Crippen molar-refractivity contribution in [2.45, 2.75) is 19.4 Å². The van der Waals surface area contributed by atoms with E-state index in [4.69, 9.17) is 9.47 Å². The Balaban J connectivity index is 1.66. The molecule has 1 heterocycles. The Morgan fingerprint density at radius 2 is 1.87 bits per heavy atom. The second-order valence-electron chi connectivity index (χ2n) is 6.51. The molecule has 0 radical (unpaired) electrons. The maximum atomic E-state index is 12.2. The van der Waals surface area contributed by atoms with Crippen molar-refractivity contribution < 1.29 is 14.3 Å². The van der Waals surface area contributed by atoms with Gasteiger partial charge in [-0.05, 0) is 48.9 Å². The van der Waals surface area contributed by atoms with Crippen LogP contribution in [-0.4, -0.2) is 29.9 Å². The zero-order chi connectivity index (χ0) is 21.5. The van der Waals surface area contributed by atoms with Gasteiger partial charge in [0.15, 0.2) is 11.5 Å². The summed E-state index contributed by atoms with van der Waals surface area (Å²) in [6.45, 7) is 0.339. The predicted molar refractivity (Wildman–Crippen MR) is 119 cm³/mol. The zero-order valence-electron chi connectivity index (χ0n) is 16.7. The number of rotatable bonds is 8. The highest BCUT2D eigenvalue weighted by Gasteiger charge is 2.09. The Labute approximate surface area is 182 Å². The van der Waals surface area contributed by atoms with Crippen molar-refractivity contribution in [2.75, 3.05) is 19.5 Å². The van der Waals surface area contributed by atoms with E-state index in [1.54, 1.807) is 32.4 Å². The molecule has 0 aliphatic rings. The molecule has 0 fully saturated rings. The molecule has 0 unspecified atom stereocenters. The minimum absolute atomic E-state index is 0.114. The number of aromatic nitrogens is 2. The molecule has 30 heavy (non-hydrogen) atoms. The van der Waals surface area contributed by atoms with Gasteiger partial charge in [0.2, 0.25) is 5.91 Å². The van der Waals surface area contributed by atoms with Gasteiger partial charge in [-0.3, -0.25) is 9.59 Å². The van der Waals surface area contributed by atoms with Crippen LogP contribution in [0.1, 0.15) is 12.8 Å². The second kappa shape index (κ2) is 10.1. The lowest BCUT2D eigenvalue weighted by atomic mass is 10.1. The number of aryl methyl sites for hydroxylation is 1. The van der Waals surface area contributed by atoms with E-state index in [2.05, 4.69) is 26.3 Å². The molecule has 8 heteroatoms. The molecule has 0 saturated heterocycles. The van der Waals surface area contributed by atoms with E-state index in [0.29, 0.717) is 30.2 Å². The Bertz CT molecular complexity index is 1100. The Morgan fingerprint density at radius 1 is 1.07 bits per heavy atom. The predicted octanol–water partition coefficient (Wildman–Crippen LogP) is 4.11. The van der Waals surface area contributed by atoms with E-state index in [0.717, 1.165) is 15.7 Å². The van der Waals surface area contributed by atoms with Gasteiger partial charge in [0, 0.05) is 34.8 Å². The first kappa shape index (κ1) is 21.6. The summed E-state index contributed by atoms with van der Waals surface area (Å²) in [6.07, 6.45) is 0.767. The van der Waals surface area contributed by atoms with Crippen molar-refractivity contribution in [1.29, 1.82) is 0 Å². The average molecular weight is 472 g/mol. The Morgan fingerprint density at radius 3 is 2.60 bits per heavy atom. The fourth-order valence-corrected chi connectivity index (χ4v) is 3.34. The molecule has 0 spiro atoms. The van der Waals surface area contributed by atoms with E-state index in [-0.39, 0.29) is 17.9 Å². The lowest BCUT2D eigenvalue weighted by molar-refractivity contribution is -0.116. The summed E-state index contributed by atoms with van der Waals surface area (Å²) in [4.78, 5) is 24.3. The number of amides is 1. The number of halogens is 1. The molecule has 1 amide bonds. The molecule has 7 nitrogen and oxygen atoms in total. The highest BCUT2D eigenvalue weighted by atomic mass is 79.9. The van der Waals surface area contributed by atoms with Gasteiger partial charge < -0.3 is 14.8 Å². The molecule has 3 rings (SSSR count). The van der Waals surface area contributed by atoms with Crippen molar-refractivity contribution >= 4 is 27.5 Å². The van der Waals surface area contributed by atoms with Crippen LogP contribution in [0.4, 0.5) is 5.69 Å². The maximum Gasteiger partial charge on any atom is 0.266 e. The normalized spacial score (nSPS) is 10.5. The number of anilines is 1. The summed E-state index contributed by atoms with van der Waals surface area (Å²) < 4.78 is 12.8. The molecule has 1 aromatic heterocycles. The molecule has 0 saturated carbocycles. The largest absolute Gasteiger partial charge is 0.493 e. The van der Waals surface area contributed by atoms with E-state index in [1.807, 2.05) is 30.3 Å². The molecule has 3 aromatic rings. The summed E-state index contributed by atoms with van der Waals surface area (Å²) in [6, 6.07) is 16.0. The fraction of sp³-hybridized carbons (Fsp3) is 0.227. The molecule has 0 atom stereocenters. The summed E-state index contributed by atoms with van der Waals surface area (Å²) in [5, 5.41) is 7.28. The smallest absolute Gasteiger partial charge is 0.266 e. The van der Waals surface area contributed by atoms with Crippen LogP contribution in [0.5, 0.6) is 11.5 Å². The summed E-state index contributed by atoms with van der Waals surface area (Å²) >= 11 is 3.37. The Kier molecular flexibility index (Phi) is 7.24. The monoisotopic (exact) mass is 471 g/mol. The van der Waals surface area contributed by atoms with Crippen LogP contribution < -0.4 is 20.3 Å². The van der Waals surface area contributed by atoms with E-state index >= 15 is 0 Å². The van der Waals surface area contributed by atoms with Crippen molar-refractivity contribution in [1.82, 2.24) is 9.78 Å². The number of ether oxygens (including phenoxy) is 2. The molecular weight excluding hydrogens is 450 g/mol. The van der Waals surface area contributed by atoms with Gasteiger partial charge in [0.1, 0.15) is 0 Å². The molecule has 0 aliphatic heterocycles. The lowest BCUT2D eigenvalue weighted by Gasteiger charge is -2.11. The number of methoxy groups -OCH3 is 2. The minimum atomic E-state index is -0.216. The standard InChI is InChI=1S/C22H22BrN3O4/c1-29-19-10-8-15(13-20(19)30-2)18-9-11-22(28)26(25-18)12-4-7-21(27)24-17-6-3-5-16(23)14-17/h3,5-6,8-11,13-14H,4,7,12H2,1-2H3,(H,24,27). The molecule has 0 bridgehead atoms. The van der Waals surface area contributed by atoms with E-state index in [9.17, 15) is 9.59 Å². The third-order valence-corrected chi connectivity index (χ3v) is 4.92. The van der Waals surface area contributed by atoms with Crippen LogP contribution in [0.15, 0.2) is 63.9 Å². The highest BCUT2D eigenvalue weighted by Crippen LogP contribution is 2.31. The lowest BCUT2D eigenvalue weighted by Crippen LogP contribution is -2.23. The summed E-state index contributed by atoms with van der Waals surface area (Å²) in [5.74, 6) is 1.09. The summed E-state index contributed by atoms with van der Waals surface area (Å²) in [5.41, 5.74) is 1.94. The van der Waals surface area contributed by atoms with Crippen molar-refractivity contribution in [3.05, 3.63) is 69.4 Å². The first-order valence-electron chi connectivity index (χ1n) is 9.36. The van der Waals surface area contributed by atoms with Crippen LogP contribution in [0.25, 0.3) is 11.3 Å². The molecule has 2 aromatic carbocycles. The van der Waals surface area contributed by atoms with Crippen molar-refractivity contribution in [3.8, 4) is 22.8 Å². The first-order chi connectivity index (χ1) is 14.5. The molecule has 0 aliphatic carbocycles. The number of nitrogens with one attached hydrogen (secondary N) is 1.